The highest BCUT2D eigenvalue weighted by molar-refractivity contribution is 5.83. The molecule has 15 heavy (non-hydrogen) atoms. The lowest BCUT2D eigenvalue weighted by molar-refractivity contribution is 0.404. The summed E-state index contributed by atoms with van der Waals surface area (Å²) in [5.74, 6) is -0.180. The molecular weight excluding hydrogens is 191 g/mol. The van der Waals surface area contributed by atoms with Crippen LogP contribution in [0.2, 0.25) is 0 Å². The smallest absolute Gasteiger partial charge is 0.125 e. The van der Waals surface area contributed by atoms with Crippen molar-refractivity contribution in [2.75, 3.05) is 14.1 Å². The summed E-state index contributed by atoms with van der Waals surface area (Å²) in [5.41, 5.74) is 2.18. The fourth-order valence-electron chi connectivity index (χ4n) is 1.91. The predicted octanol–water partition coefficient (Wildman–Crippen LogP) is 2.38. The van der Waals surface area contributed by atoms with E-state index >= 15 is 0 Å². The Hall–Kier alpha value is -1.35. The first-order valence-electron chi connectivity index (χ1n) is 4.96. The molecule has 0 aliphatic heterocycles. The Balaban J connectivity index is 2.57. The number of nitrogens with zero attached hydrogens (tertiary/aromatic N) is 2. The van der Waals surface area contributed by atoms with Gasteiger partial charge in [0.25, 0.3) is 0 Å². The first-order chi connectivity index (χ1) is 7.08. The van der Waals surface area contributed by atoms with Gasteiger partial charge in [0, 0.05) is 25.2 Å². The number of aromatic nitrogens is 1. The Morgan fingerprint density at radius 1 is 1.33 bits per heavy atom. The molecule has 0 fully saturated rings. The van der Waals surface area contributed by atoms with Gasteiger partial charge in [0.05, 0.1) is 5.52 Å². The van der Waals surface area contributed by atoms with Crippen LogP contribution >= 0.6 is 0 Å². The minimum atomic E-state index is -0.180. The highest BCUT2D eigenvalue weighted by Crippen LogP contribution is 2.22. The molecule has 0 N–H and O–H groups in total. The number of aryl methyl sites for hydroxylation is 1. The number of hydrogen-bond acceptors (Lipinski definition) is 1. The zero-order valence-electron chi connectivity index (χ0n) is 9.29. The third-order valence-corrected chi connectivity index (χ3v) is 2.52. The van der Waals surface area contributed by atoms with Gasteiger partial charge in [0.1, 0.15) is 5.82 Å². The predicted molar refractivity (Wildman–Crippen MR) is 60.3 cm³/mol. The Bertz CT molecular complexity index is 486. The number of halogens is 1. The third-order valence-electron chi connectivity index (χ3n) is 2.52. The Labute approximate surface area is 88.9 Å². The summed E-state index contributed by atoms with van der Waals surface area (Å²) < 4.78 is 15.0. The van der Waals surface area contributed by atoms with Gasteiger partial charge >= 0.3 is 0 Å². The average molecular weight is 206 g/mol. The van der Waals surface area contributed by atoms with Crippen molar-refractivity contribution in [3.05, 3.63) is 35.8 Å². The highest BCUT2D eigenvalue weighted by Gasteiger charge is 2.07. The van der Waals surface area contributed by atoms with Gasteiger partial charge < -0.3 is 9.47 Å². The van der Waals surface area contributed by atoms with Crippen LogP contribution in [0.3, 0.4) is 0 Å². The minimum absolute atomic E-state index is 0.180. The number of fused-ring (bicyclic) bond motifs is 1. The standard InChI is InChI=1S/C12H15FN2/c1-14(2)7-9-8-15(3)12-6-10(13)4-5-11(9)12/h4-6,8H,7H2,1-3H3. The van der Waals surface area contributed by atoms with Gasteiger partial charge in [-0.15, -0.1) is 0 Å². The van der Waals surface area contributed by atoms with E-state index in [1.54, 1.807) is 6.07 Å². The summed E-state index contributed by atoms with van der Waals surface area (Å²) in [6.07, 6.45) is 2.06. The fourth-order valence-corrected chi connectivity index (χ4v) is 1.91. The minimum Gasteiger partial charge on any atom is -0.350 e. The molecular formula is C12H15FN2. The molecule has 2 nitrogen and oxygen atoms in total. The van der Waals surface area contributed by atoms with Crippen molar-refractivity contribution in [3.8, 4) is 0 Å². The zero-order chi connectivity index (χ0) is 11.0. The number of rotatable bonds is 2. The maximum atomic E-state index is 13.1. The topological polar surface area (TPSA) is 8.17 Å². The van der Waals surface area contributed by atoms with Gasteiger partial charge in [0.15, 0.2) is 0 Å². The summed E-state index contributed by atoms with van der Waals surface area (Å²) in [7, 11) is 6.01. The van der Waals surface area contributed by atoms with Gasteiger partial charge in [-0.3, -0.25) is 0 Å². The average Bonchev–Trinajstić information content (AvgIpc) is 2.42. The van der Waals surface area contributed by atoms with E-state index in [4.69, 9.17) is 0 Å². The molecule has 2 rings (SSSR count). The summed E-state index contributed by atoms with van der Waals surface area (Å²) in [4.78, 5) is 2.11. The van der Waals surface area contributed by atoms with Gasteiger partial charge in [-0.05, 0) is 37.9 Å². The third kappa shape index (κ3) is 1.88. The van der Waals surface area contributed by atoms with Crippen molar-refractivity contribution < 1.29 is 4.39 Å². The normalized spacial score (nSPS) is 11.5. The molecule has 1 aromatic heterocycles. The van der Waals surface area contributed by atoms with E-state index in [0.29, 0.717) is 0 Å². The van der Waals surface area contributed by atoms with Crippen LogP contribution in [-0.2, 0) is 13.6 Å². The lowest BCUT2D eigenvalue weighted by Crippen LogP contribution is -2.10. The maximum absolute atomic E-state index is 13.1. The van der Waals surface area contributed by atoms with Crippen LogP contribution in [0.4, 0.5) is 4.39 Å². The molecule has 0 saturated heterocycles. The second-order valence-corrected chi connectivity index (χ2v) is 4.16. The SMILES string of the molecule is CN(C)Cc1cn(C)c2cc(F)ccc12. The molecule has 0 spiro atoms. The first-order valence-corrected chi connectivity index (χ1v) is 4.96. The van der Waals surface area contributed by atoms with Crippen molar-refractivity contribution >= 4 is 10.9 Å². The monoisotopic (exact) mass is 206 g/mol. The fraction of sp³-hybridized carbons (Fsp3) is 0.333. The molecule has 1 aromatic carbocycles. The van der Waals surface area contributed by atoms with Gasteiger partial charge in [-0.1, -0.05) is 0 Å². The summed E-state index contributed by atoms with van der Waals surface area (Å²) >= 11 is 0. The van der Waals surface area contributed by atoms with E-state index in [1.165, 1.54) is 11.6 Å². The lowest BCUT2D eigenvalue weighted by atomic mass is 10.1. The van der Waals surface area contributed by atoms with Crippen LogP contribution in [0.1, 0.15) is 5.56 Å². The van der Waals surface area contributed by atoms with Crippen molar-refractivity contribution in [2.24, 2.45) is 7.05 Å². The Kier molecular flexibility index (Phi) is 2.49. The van der Waals surface area contributed by atoms with Crippen LogP contribution in [-0.4, -0.2) is 23.6 Å². The van der Waals surface area contributed by atoms with Gasteiger partial charge in [0.2, 0.25) is 0 Å². The second-order valence-electron chi connectivity index (χ2n) is 4.16. The van der Waals surface area contributed by atoms with Crippen molar-refractivity contribution in [2.45, 2.75) is 6.54 Å². The molecule has 80 valence electrons. The number of benzene rings is 1. The highest BCUT2D eigenvalue weighted by atomic mass is 19.1. The molecule has 2 aromatic rings. The van der Waals surface area contributed by atoms with Crippen molar-refractivity contribution in [1.82, 2.24) is 9.47 Å². The molecule has 0 bridgehead atoms. The molecule has 0 amide bonds. The van der Waals surface area contributed by atoms with Crippen molar-refractivity contribution in [3.63, 3.8) is 0 Å². The molecule has 3 heteroatoms. The Morgan fingerprint density at radius 3 is 2.73 bits per heavy atom. The zero-order valence-corrected chi connectivity index (χ0v) is 9.29. The Morgan fingerprint density at radius 2 is 2.07 bits per heavy atom. The van der Waals surface area contributed by atoms with Crippen LogP contribution in [0.25, 0.3) is 10.9 Å². The molecule has 0 aliphatic carbocycles. The maximum Gasteiger partial charge on any atom is 0.125 e. The number of hydrogen-bond donors (Lipinski definition) is 0. The van der Waals surface area contributed by atoms with Gasteiger partial charge in [-0.25, -0.2) is 4.39 Å². The van der Waals surface area contributed by atoms with E-state index in [-0.39, 0.29) is 5.82 Å². The van der Waals surface area contributed by atoms with Crippen molar-refractivity contribution in [1.29, 1.82) is 0 Å². The quantitative estimate of drug-likeness (QED) is 0.732. The summed E-state index contributed by atoms with van der Waals surface area (Å²) in [5, 5.41) is 1.13. The molecule has 0 radical (unpaired) electrons. The first kappa shape index (κ1) is 10.2. The van der Waals surface area contributed by atoms with E-state index in [0.717, 1.165) is 17.4 Å². The van der Waals surface area contributed by atoms with E-state index in [2.05, 4.69) is 11.1 Å². The van der Waals surface area contributed by atoms with Crippen LogP contribution in [0.5, 0.6) is 0 Å². The van der Waals surface area contributed by atoms with Crippen LogP contribution in [0.15, 0.2) is 24.4 Å². The lowest BCUT2D eigenvalue weighted by Gasteiger charge is -2.07. The molecule has 0 unspecified atom stereocenters. The van der Waals surface area contributed by atoms with E-state index < -0.39 is 0 Å². The molecule has 0 saturated carbocycles. The molecule has 0 aliphatic rings. The summed E-state index contributed by atoms with van der Waals surface area (Å²) in [6.45, 7) is 0.878. The van der Waals surface area contributed by atoms with Crippen LogP contribution < -0.4 is 0 Å². The second kappa shape index (κ2) is 3.66. The summed E-state index contributed by atoms with van der Waals surface area (Å²) in [6, 6.07) is 4.94. The molecule has 0 atom stereocenters. The largest absolute Gasteiger partial charge is 0.350 e. The van der Waals surface area contributed by atoms with Crippen LogP contribution in [0, 0.1) is 5.82 Å². The molecule has 1 heterocycles. The van der Waals surface area contributed by atoms with E-state index in [1.807, 2.05) is 31.8 Å². The van der Waals surface area contributed by atoms with E-state index in [9.17, 15) is 4.39 Å². The van der Waals surface area contributed by atoms with Gasteiger partial charge in [-0.2, -0.15) is 0 Å².